The highest BCUT2D eigenvalue weighted by atomic mass is 16.5. The van der Waals surface area contributed by atoms with Gasteiger partial charge in [-0.05, 0) is 12.8 Å². The zero-order valence-corrected chi connectivity index (χ0v) is 10.6. The average molecular weight is 255 g/mol. The van der Waals surface area contributed by atoms with Gasteiger partial charge in [0.25, 0.3) is 0 Å². The molecular weight excluding hydrogens is 234 g/mol. The third-order valence-electron chi connectivity index (χ3n) is 3.12. The molecule has 0 aromatic carbocycles. The van der Waals surface area contributed by atoms with E-state index in [1.54, 1.807) is 0 Å². The summed E-state index contributed by atoms with van der Waals surface area (Å²) >= 11 is 0. The lowest BCUT2D eigenvalue weighted by atomic mass is 10.3. The minimum atomic E-state index is -0.193. The monoisotopic (exact) mass is 255 g/mol. The van der Waals surface area contributed by atoms with E-state index in [0.717, 1.165) is 45.7 Å². The molecule has 0 bridgehead atoms. The number of carbonyl (C=O) groups excluding carboxylic acids is 2. The van der Waals surface area contributed by atoms with E-state index in [-0.39, 0.29) is 18.2 Å². The Morgan fingerprint density at radius 2 is 1.89 bits per heavy atom. The van der Waals surface area contributed by atoms with E-state index in [1.807, 2.05) is 0 Å². The summed E-state index contributed by atoms with van der Waals surface area (Å²) in [6.07, 6.45) is 2.04. The number of morpholine rings is 1. The Bertz CT molecular complexity index is 299. The van der Waals surface area contributed by atoms with E-state index < -0.39 is 0 Å². The van der Waals surface area contributed by atoms with Gasteiger partial charge < -0.3 is 15.4 Å². The Kier molecular flexibility index (Phi) is 4.95. The van der Waals surface area contributed by atoms with E-state index in [2.05, 4.69) is 15.5 Å². The lowest BCUT2D eigenvalue weighted by Gasteiger charge is -2.26. The van der Waals surface area contributed by atoms with Crippen molar-refractivity contribution in [3.05, 3.63) is 0 Å². The minimum absolute atomic E-state index is 0.0559. The number of nitrogens with one attached hydrogen (secondary N) is 2. The van der Waals surface area contributed by atoms with Gasteiger partial charge in [0.15, 0.2) is 0 Å². The highest BCUT2D eigenvalue weighted by Gasteiger charge is 2.24. The van der Waals surface area contributed by atoms with Crippen LogP contribution in [0.4, 0.5) is 0 Å². The number of hydrogen-bond acceptors (Lipinski definition) is 4. The molecule has 0 radical (unpaired) electrons. The number of amides is 2. The largest absolute Gasteiger partial charge is 0.379 e. The third-order valence-corrected chi connectivity index (χ3v) is 3.12. The van der Waals surface area contributed by atoms with Crippen molar-refractivity contribution in [3.63, 3.8) is 0 Å². The maximum absolute atomic E-state index is 11.5. The fourth-order valence-electron chi connectivity index (χ4n) is 1.89. The van der Waals surface area contributed by atoms with Gasteiger partial charge in [-0.25, -0.2) is 0 Å². The van der Waals surface area contributed by atoms with Crippen molar-refractivity contribution in [1.29, 1.82) is 0 Å². The Hall–Kier alpha value is -1.14. The Morgan fingerprint density at radius 3 is 2.56 bits per heavy atom. The SMILES string of the molecule is O=C(CC(=O)NC1CC1)NCCN1CCOCC1. The first-order valence-electron chi connectivity index (χ1n) is 6.60. The van der Waals surface area contributed by atoms with Gasteiger partial charge in [-0.2, -0.15) is 0 Å². The third kappa shape index (κ3) is 5.01. The molecule has 0 unspecified atom stereocenters. The fourth-order valence-corrected chi connectivity index (χ4v) is 1.89. The second-order valence-electron chi connectivity index (χ2n) is 4.82. The molecule has 0 aromatic rings. The summed E-state index contributed by atoms with van der Waals surface area (Å²) in [6.45, 7) is 4.76. The van der Waals surface area contributed by atoms with Crippen LogP contribution in [0.25, 0.3) is 0 Å². The van der Waals surface area contributed by atoms with Crippen molar-refractivity contribution < 1.29 is 14.3 Å². The fraction of sp³-hybridized carbons (Fsp3) is 0.833. The molecule has 6 nitrogen and oxygen atoms in total. The summed E-state index contributed by atoms with van der Waals surface area (Å²) in [5.41, 5.74) is 0. The molecule has 18 heavy (non-hydrogen) atoms. The summed E-state index contributed by atoms with van der Waals surface area (Å²) < 4.78 is 5.24. The molecule has 2 rings (SSSR count). The van der Waals surface area contributed by atoms with E-state index in [9.17, 15) is 9.59 Å². The Balaban J connectivity index is 1.52. The van der Waals surface area contributed by atoms with Crippen LogP contribution >= 0.6 is 0 Å². The van der Waals surface area contributed by atoms with Crippen LogP contribution in [0.15, 0.2) is 0 Å². The van der Waals surface area contributed by atoms with Gasteiger partial charge in [-0.1, -0.05) is 0 Å². The Labute approximate surface area is 107 Å². The van der Waals surface area contributed by atoms with Crippen LogP contribution in [0.5, 0.6) is 0 Å². The maximum atomic E-state index is 11.5. The average Bonchev–Trinajstić information content (AvgIpc) is 3.14. The zero-order valence-electron chi connectivity index (χ0n) is 10.6. The van der Waals surface area contributed by atoms with Crippen molar-refractivity contribution in [2.75, 3.05) is 39.4 Å². The summed E-state index contributed by atoms with van der Waals surface area (Å²) in [6, 6.07) is 0.318. The normalized spacial score (nSPS) is 20.4. The highest BCUT2D eigenvalue weighted by Crippen LogP contribution is 2.18. The number of hydrogen-bond donors (Lipinski definition) is 2. The van der Waals surface area contributed by atoms with E-state index in [1.165, 1.54) is 0 Å². The van der Waals surface area contributed by atoms with Gasteiger partial charge in [-0.15, -0.1) is 0 Å². The van der Waals surface area contributed by atoms with Gasteiger partial charge >= 0.3 is 0 Å². The van der Waals surface area contributed by atoms with Gasteiger partial charge in [0.05, 0.1) is 13.2 Å². The minimum Gasteiger partial charge on any atom is -0.379 e. The van der Waals surface area contributed by atoms with Crippen LogP contribution < -0.4 is 10.6 Å². The van der Waals surface area contributed by atoms with E-state index in [4.69, 9.17) is 4.74 Å². The summed E-state index contributed by atoms with van der Waals surface area (Å²) in [7, 11) is 0. The molecule has 6 heteroatoms. The molecule has 0 aromatic heterocycles. The molecular formula is C12H21N3O3. The topological polar surface area (TPSA) is 70.7 Å². The lowest BCUT2D eigenvalue weighted by molar-refractivity contribution is -0.129. The maximum Gasteiger partial charge on any atom is 0.229 e. The van der Waals surface area contributed by atoms with E-state index in [0.29, 0.717) is 12.6 Å². The molecule has 2 amide bonds. The predicted molar refractivity (Wildman–Crippen MR) is 66.1 cm³/mol. The summed E-state index contributed by atoms with van der Waals surface area (Å²) in [4.78, 5) is 25.1. The zero-order chi connectivity index (χ0) is 12.8. The number of nitrogens with zero attached hydrogens (tertiary/aromatic N) is 1. The molecule has 1 aliphatic carbocycles. The smallest absolute Gasteiger partial charge is 0.229 e. The molecule has 102 valence electrons. The molecule has 1 heterocycles. The quantitative estimate of drug-likeness (QED) is 0.604. The van der Waals surface area contributed by atoms with Crippen LogP contribution in [0.3, 0.4) is 0 Å². The first-order valence-corrected chi connectivity index (χ1v) is 6.60. The molecule has 0 atom stereocenters. The van der Waals surface area contributed by atoms with Crippen molar-refractivity contribution >= 4 is 11.8 Å². The molecule has 1 saturated heterocycles. The van der Waals surface area contributed by atoms with Gasteiger partial charge in [-0.3, -0.25) is 14.5 Å². The second-order valence-corrected chi connectivity index (χ2v) is 4.82. The van der Waals surface area contributed by atoms with Crippen LogP contribution in [-0.2, 0) is 14.3 Å². The van der Waals surface area contributed by atoms with E-state index >= 15 is 0 Å². The lowest BCUT2D eigenvalue weighted by Crippen LogP contribution is -2.42. The first kappa shape index (κ1) is 13.3. The van der Waals surface area contributed by atoms with Gasteiger partial charge in [0.1, 0.15) is 6.42 Å². The molecule has 1 aliphatic heterocycles. The van der Waals surface area contributed by atoms with Gasteiger partial charge in [0, 0.05) is 32.2 Å². The Morgan fingerprint density at radius 1 is 1.17 bits per heavy atom. The van der Waals surface area contributed by atoms with Crippen LogP contribution in [0, 0.1) is 0 Å². The molecule has 2 N–H and O–H groups in total. The molecule has 1 saturated carbocycles. The summed E-state index contributed by atoms with van der Waals surface area (Å²) in [5.74, 6) is -0.359. The number of carbonyl (C=O) groups is 2. The number of ether oxygens (including phenoxy) is 1. The van der Waals surface area contributed by atoms with Gasteiger partial charge in [0.2, 0.25) is 11.8 Å². The first-order chi connectivity index (χ1) is 8.74. The van der Waals surface area contributed by atoms with Crippen molar-refractivity contribution in [2.45, 2.75) is 25.3 Å². The van der Waals surface area contributed by atoms with Crippen molar-refractivity contribution in [1.82, 2.24) is 15.5 Å². The van der Waals surface area contributed by atoms with Crippen LogP contribution in [0.1, 0.15) is 19.3 Å². The molecule has 0 spiro atoms. The number of rotatable bonds is 6. The van der Waals surface area contributed by atoms with Crippen LogP contribution in [-0.4, -0.2) is 62.1 Å². The standard InChI is InChI=1S/C12H21N3O3/c16-11(9-12(17)14-10-1-2-10)13-3-4-15-5-7-18-8-6-15/h10H,1-9H2,(H,13,16)(H,14,17). The van der Waals surface area contributed by atoms with Crippen molar-refractivity contribution in [3.8, 4) is 0 Å². The summed E-state index contributed by atoms with van der Waals surface area (Å²) in [5, 5.41) is 5.57. The molecule has 2 aliphatic rings. The second kappa shape index (κ2) is 6.70. The predicted octanol–water partition coefficient (Wildman–Crippen LogP) is -0.896. The molecule has 2 fully saturated rings. The van der Waals surface area contributed by atoms with Crippen molar-refractivity contribution in [2.24, 2.45) is 0 Å². The van der Waals surface area contributed by atoms with Crippen LogP contribution in [0.2, 0.25) is 0 Å². The highest BCUT2D eigenvalue weighted by molar-refractivity contribution is 5.97.